The molecule has 0 amide bonds. The van der Waals surface area contributed by atoms with Crippen molar-refractivity contribution in [1.29, 1.82) is 0 Å². The number of alkyl halides is 3. The number of carbonyl (C=O) groups is 2. The molecular weight excluding hydrogens is 149 g/mol. The summed E-state index contributed by atoms with van der Waals surface area (Å²) in [6.45, 7) is 0.587. The summed E-state index contributed by atoms with van der Waals surface area (Å²) in [6, 6.07) is 0. The number of ketones is 2. The third-order valence-corrected chi connectivity index (χ3v) is 0.547. The van der Waals surface area contributed by atoms with E-state index >= 15 is 0 Å². The maximum absolute atomic E-state index is 11.6. The monoisotopic (exact) mass is 156 g/mol. The first kappa shape index (κ1) is 5.88. The molecule has 0 aromatic heterocycles. The standard InChI is InChI=1S/C5H5F3O2/c1-3(9)2-4(10)5(6,7)8/h2H2,1H3/i2D2. The van der Waals surface area contributed by atoms with Crippen molar-refractivity contribution in [2.24, 2.45) is 0 Å². The van der Waals surface area contributed by atoms with Crippen LogP contribution in [0.1, 0.15) is 16.0 Å². The Balaban J connectivity index is 4.83. The fraction of sp³-hybridized carbons (Fsp3) is 0.600. The van der Waals surface area contributed by atoms with Gasteiger partial charge in [0.25, 0.3) is 0 Å². The van der Waals surface area contributed by atoms with Crippen molar-refractivity contribution in [3.63, 3.8) is 0 Å². The molecule has 2 nitrogen and oxygen atoms in total. The highest BCUT2D eigenvalue weighted by Crippen LogP contribution is 2.17. The van der Waals surface area contributed by atoms with Gasteiger partial charge in [0.1, 0.15) is 5.78 Å². The minimum atomic E-state index is -5.31. The maximum atomic E-state index is 11.6. The third-order valence-electron chi connectivity index (χ3n) is 0.547. The van der Waals surface area contributed by atoms with Gasteiger partial charge in [0.15, 0.2) is 0 Å². The Labute approximate surface area is 57.8 Å². The lowest BCUT2D eigenvalue weighted by Crippen LogP contribution is -2.24. The molecule has 0 aromatic carbocycles. The highest BCUT2D eigenvalue weighted by molar-refractivity contribution is 6.00. The molecule has 0 N–H and O–H groups in total. The SMILES string of the molecule is [2H]C([2H])(C(C)=O)C(=O)C(F)(F)F. The maximum Gasteiger partial charge on any atom is 0.450 e. The van der Waals surface area contributed by atoms with Gasteiger partial charge in [-0.05, 0) is 6.92 Å². The summed E-state index contributed by atoms with van der Waals surface area (Å²) in [6.07, 6.45) is -8.77. The van der Waals surface area contributed by atoms with Gasteiger partial charge in [-0.3, -0.25) is 9.59 Å². The van der Waals surface area contributed by atoms with Gasteiger partial charge in [0.05, 0.1) is 6.37 Å². The van der Waals surface area contributed by atoms with E-state index in [0.717, 1.165) is 0 Å². The molecule has 0 fully saturated rings. The molecule has 0 rings (SSSR count). The van der Waals surface area contributed by atoms with Crippen molar-refractivity contribution in [3.8, 4) is 0 Å². The normalized spacial score (nSPS) is 15.6. The second-order valence-corrected chi connectivity index (χ2v) is 1.51. The van der Waals surface area contributed by atoms with Crippen LogP contribution >= 0.6 is 0 Å². The Morgan fingerprint density at radius 2 is 1.90 bits per heavy atom. The van der Waals surface area contributed by atoms with Crippen LogP contribution in [0.3, 0.4) is 0 Å². The van der Waals surface area contributed by atoms with Gasteiger partial charge in [-0.2, -0.15) is 13.2 Å². The molecule has 0 spiro atoms. The Morgan fingerprint density at radius 3 is 2.00 bits per heavy atom. The molecule has 5 heteroatoms. The molecule has 0 atom stereocenters. The zero-order valence-corrected chi connectivity index (χ0v) is 4.95. The minimum absolute atomic E-state index is 0.587. The Hall–Kier alpha value is -0.870. The van der Waals surface area contributed by atoms with E-state index in [1.165, 1.54) is 0 Å². The lowest BCUT2D eigenvalue weighted by Gasteiger charge is -2.00. The van der Waals surface area contributed by atoms with E-state index in [4.69, 9.17) is 2.74 Å². The van der Waals surface area contributed by atoms with E-state index in [1.54, 1.807) is 0 Å². The topological polar surface area (TPSA) is 34.1 Å². The summed E-state index contributed by atoms with van der Waals surface area (Å²) in [5, 5.41) is 0. The van der Waals surface area contributed by atoms with Crippen LogP contribution in [0.4, 0.5) is 13.2 Å². The Morgan fingerprint density at radius 1 is 1.50 bits per heavy atom. The van der Waals surface area contributed by atoms with E-state index in [0.29, 0.717) is 6.92 Å². The molecule has 0 unspecified atom stereocenters. The first-order chi connectivity index (χ1) is 5.10. The molecule has 58 valence electrons. The Kier molecular flexibility index (Phi) is 1.65. The van der Waals surface area contributed by atoms with Gasteiger partial charge in [0.2, 0.25) is 5.78 Å². The van der Waals surface area contributed by atoms with Crippen LogP contribution in [0.25, 0.3) is 0 Å². The summed E-state index contributed by atoms with van der Waals surface area (Å²) in [5.41, 5.74) is 0. The van der Waals surface area contributed by atoms with Gasteiger partial charge < -0.3 is 0 Å². The van der Waals surface area contributed by atoms with Crippen molar-refractivity contribution < 1.29 is 25.5 Å². The summed E-state index contributed by atoms with van der Waals surface area (Å²) >= 11 is 0. The summed E-state index contributed by atoms with van der Waals surface area (Å²) in [7, 11) is 0. The molecule has 0 saturated carbocycles. The van der Waals surface area contributed by atoms with Gasteiger partial charge in [0, 0.05) is 2.74 Å². The van der Waals surface area contributed by atoms with Crippen molar-refractivity contribution in [2.75, 3.05) is 0 Å². The van der Waals surface area contributed by atoms with Crippen LogP contribution in [0.2, 0.25) is 0 Å². The van der Waals surface area contributed by atoms with Crippen LogP contribution in [0, 0.1) is 0 Å². The molecule has 0 saturated heterocycles. The van der Waals surface area contributed by atoms with Crippen LogP contribution in [0.15, 0.2) is 0 Å². The number of halogens is 3. The van der Waals surface area contributed by atoms with E-state index < -0.39 is 24.1 Å². The van der Waals surface area contributed by atoms with E-state index in [2.05, 4.69) is 0 Å². The number of hydrogen-bond acceptors (Lipinski definition) is 2. The number of rotatable bonds is 2. The van der Waals surface area contributed by atoms with E-state index in [-0.39, 0.29) is 0 Å². The van der Waals surface area contributed by atoms with Crippen molar-refractivity contribution >= 4 is 11.6 Å². The zero-order valence-electron chi connectivity index (χ0n) is 6.95. The third kappa shape index (κ3) is 3.21. The Bertz CT molecular complexity index is 221. The molecule has 0 aliphatic rings. The van der Waals surface area contributed by atoms with Crippen LogP contribution in [-0.2, 0) is 9.59 Å². The molecule has 0 bridgehead atoms. The van der Waals surface area contributed by atoms with Gasteiger partial charge in [-0.15, -0.1) is 0 Å². The van der Waals surface area contributed by atoms with Gasteiger partial charge >= 0.3 is 6.18 Å². The number of hydrogen-bond donors (Lipinski definition) is 0. The van der Waals surface area contributed by atoms with E-state index in [9.17, 15) is 22.8 Å². The van der Waals surface area contributed by atoms with Crippen molar-refractivity contribution in [3.05, 3.63) is 0 Å². The molecule has 10 heavy (non-hydrogen) atoms. The van der Waals surface area contributed by atoms with Crippen LogP contribution < -0.4 is 0 Å². The highest BCUT2D eigenvalue weighted by Gasteiger charge is 2.38. The molecule has 0 radical (unpaired) electrons. The smallest absolute Gasteiger partial charge is 0.300 e. The first-order valence-electron chi connectivity index (χ1n) is 3.23. The summed E-state index contributed by atoms with van der Waals surface area (Å²) in [4.78, 5) is 20.5. The lowest BCUT2D eigenvalue weighted by molar-refractivity contribution is -0.171. The predicted molar refractivity (Wildman–Crippen MR) is 26.4 cm³/mol. The largest absolute Gasteiger partial charge is 0.450 e. The van der Waals surface area contributed by atoms with Crippen molar-refractivity contribution in [2.45, 2.75) is 19.5 Å². The molecule has 0 heterocycles. The molecular formula is C5H5F3O2. The summed E-state index contributed by atoms with van der Waals surface area (Å²) < 4.78 is 47.7. The summed E-state index contributed by atoms with van der Waals surface area (Å²) in [5.74, 6) is -4.12. The van der Waals surface area contributed by atoms with E-state index in [1.807, 2.05) is 0 Å². The van der Waals surface area contributed by atoms with Crippen molar-refractivity contribution in [1.82, 2.24) is 0 Å². The average molecular weight is 156 g/mol. The number of Topliss-reactive ketones (excluding diaryl/α,β-unsaturated/α-hetero) is 2. The second kappa shape index (κ2) is 2.81. The predicted octanol–water partition coefficient (Wildman–Crippen LogP) is 1.10. The molecule has 0 aliphatic carbocycles. The first-order valence-corrected chi connectivity index (χ1v) is 2.23. The van der Waals surface area contributed by atoms with Crippen LogP contribution in [-0.4, -0.2) is 17.7 Å². The average Bonchev–Trinajstić information content (AvgIpc) is 1.83. The lowest BCUT2D eigenvalue weighted by atomic mass is 10.2. The highest BCUT2D eigenvalue weighted by atomic mass is 19.4. The van der Waals surface area contributed by atoms with Crippen LogP contribution in [0.5, 0.6) is 0 Å². The minimum Gasteiger partial charge on any atom is -0.300 e. The number of carbonyl (C=O) groups excluding carboxylic acids is 2. The molecule has 0 aliphatic heterocycles. The molecule has 0 aromatic rings. The second-order valence-electron chi connectivity index (χ2n) is 1.51. The fourth-order valence-corrected chi connectivity index (χ4v) is 0.231. The van der Waals surface area contributed by atoms with Gasteiger partial charge in [-0.1, -0.05) is 0 Å². The van der Waals surface area contributed by atoms with Gasteiger partial charge in [-0.25, -0.2) is 0 Å². The quantitative estimate of drug-likeness (QED) is 0.561. The zero-order chi connectivity index (χ0) is 10.2. The fourth-order valence-electron chi connectivity index (χ4n) is 0.231.